The Morgan fingerprint density at radius 1 is 1.00 bits per heavy atom. The van der Waals surface area contributed by atoms with Gasteiger partial charge in [0.05, 0.1) is 0 Å². The summed E-state index contributed by atoms with van der Waals surface area (Å²) in [4.78, 5) is 16.0. The fraction of sp³-hybridized carbons (Fsp3) is 0.938. The lowest BCUT2D eigenvalue weighted by Gasteiger charge is -2.38. The minimum atomic E-state index is -0.640. The van der Waals surface area contributed by atoms with Crippen LogP contribution < -0.4 is 0 Å². The van der Waals surface area contributed by atoms with Crippen LogP contribution in [-0.4, -0.2) is 70.9 Å². The van der Waals surface area contributed by atoms with Gasteiger partial charge in [-0.1, -0.05) is 12.8 Å². The van der Waals surface area contributed by atoms with Crippen molar-refractivity contribution in [2.75, 3.05) is 32.8 Å². The third-order valence-corrected chi connectivity index (χ3v) is 4.99. The van der Waals surface area contributed by atoms with Crippen LogP contribution in [0, 0.1) is 0 Å². The summed E-state index contributed by atoms with van der Waals surface area (Å²) in [5, 5.41) is 18.0. The van der Waals surface area contributed by atoms with E-state index in [2.05, 4.69) is 9.80 Å². The summed E-state index contributed by atoms with van der Waals surface area (Å²) in [5.41, 5.74) is 0. The number of carboxylic acids is 1. The van der Waals surface area contributed by atoms with Gasteiger partial charge >= 0.3 is 5.97 Å². The van der Waals surface area contributed by atoms with E-state index in [9.17, 15) is 9.90 Å². The van der Waals surface area contributed by atoms with E-state index in [0.717, 1.165) is 64.7 Å². The van der Waals surface area contributed by atoms with Crippen LogP contribution in [0.25, 0.3) is 0 Å². The van der Waals surface area contributed by atoms with Crippen LogP contribution in [0.5, 0.6) is 0 Å². The molecule has 0 amide bonds. The Bertz CT molecular complexity index is 317. The Kier molecular flexibility index (Phi) is 6.93. The van der Waals surface area contributed by atoms with Gasteiger partial charge in [0.15, 0.2) is 0 Å². The van der Waals surface area contributed by atoms with Gasteiger partial charge < -0.3 is 15.1 Å². The van der Waals surface area contributed by atoms with Crippen LogP contribution in [0.3, 0.4) is 0 Å². The second-order valence-corrected chi connectivity index (χ2v) is 6.44. The van der Waals surface area contributed by atoms with Crippen molar-refractivity contribution in [2.24, 2.45) is 0 Å². The molecule has 122 valence electrons. The minimum absolute atomic E-state index is 0.236. The zero-order valence-electron chi connectivity index (χ0n) is 13.0. The molecule has 2 rings (SSSR count). The summed E-state index contributed by atoms with van der Waals surface area (Å²) >= 11 is 0. The summed E-state index contributed by atoms with van der Waals surface area (Å²) < 4.78 is 0. The smallest absolute Gasteiger partial charge is 0.320 e. The predicted molar refractivity (Wildman–Crippen MR) is 82.4 cm³/mol. The van der Waals surface area contributed by atoms with Gasteiger partial charge in [-0.05, 0) is 64.7 Å². The number of rotatable bonds is 8. The van der Waals surface area contributed by atoms with Gasteiger partial charge in [-0.2, -0.15) is 0 Å². The maximum atomic E-state index is 11.3. The van der Waals surface area contributed by atoms with Gasteiger partial charge in [-0.15, -0.1) is 0 Å². The van der Waals surface area contributed by atoms with Gasteiger partial charge in [-0.3, -0.25) is 9.69 Å². The Hall–Kier alpha value is -0.650. The molecule has 5 heteroatoms. The number of hydrogen-bond acceptors (Lipinski definition) is 4. The summed E-state index contributed by atoms with van der Waals surface area (Å²) in [6.07, 6.45) is 8.54. The molecule has 2 fully saturated rings. The van der Waals surface area contributed by atoms with Crippen molar-refractivity contribution in [1.82, 2.24) is 9.80 Å². The lowest BCUT2D eigenvalue weighted by atomic mass is 10.0. The number of carbonyl (C=O) groups is 1. The van der Waals surface area contributed by atoms with Crippen LogP contribution in [0.2, 0.25) is 0 Å². The van der Waals surface area contributed by atoms with Gasteiger partial charge in [0, 0.05) is 12.6 Å². The molecule has 0 spiro atoms. The summed E-state index contributed by atoms with van der Waals surface area (Å²) in [6, 6.07) is 0.235. The van der Waals surface area contributed by atoms with Crippen molar-refractivity contribution >= 4 is 5.97 Å². The van der Waals surface area contributed by atoms with E-state index in [4.69, 9.17) is 5.11 Å². The molecular weight excluding hydrogens is 268 g/mol. The lowest BCUT2D eigenvalue weighted by Crippen LogP contribution is -2.48. The van der Waals surface area contributed by atoms with E-state index >= 15 is 0 Å². The number of hydrogen-bond donors (Lipinski definition) is 2. The lowest BCUT2D eigenvalue weighted by molar-refractivity contribution is -0.143. The number of aliphatic hydroxyl groups excluding tert-OH is 1. The Morgan fingerprint density at radius 3 is 2.38 bits per heavy atom. The third kappa shape index (κ3) is 4.94. The van der Waals surface area contributed by atoms with Gasteiger partial charge in [0.1, 0.15) is 6.04 Å². The van der Waals surface area contributed by atoms with Crippen LogP contribution >= 0.6 is 0 Å². The number of aliphatic hydroxyl groups is 1. The molecule has 2 N–H and O–H groups in total. The zero-order chi connectivity index (χ0) is 15.1. The van der Waals surface area contributed by atoms with Crippen LogP contribution in [0.4, 0.5) is 0 Å². The first-order valence-electron chi connectivity index (χ1n) is 8.54. The first-order valence-corrected chi connectivity index (χ1v) is 8.54. The SMILES string of the molecule is O=C(O)C1CCCN1C1CCN(CCCCCCO)CC1. The maximum Gasteiger partial charge on any atom is 0.320 e. The van der Waals surface area contributed by atoms with Crippen molar-refractivity contribution in [1.29, 1.82) is 0 Å². The second-order valence-electron chi connectivity index (χ2n) is 6.44. The van der Waals surface area contributed by atoms with E-state index in [0.29, 0.717) is 12.6 Å². The highest BCUT2D eigenvalue weighted by molar-refractivity contribution is 5.73. The van der Waals surface area contributed by atoms with Crippen LogP contribution in [-0.2, 0) is 4.79 Å². The molecule has 1 atom stereocenters. The normalized spacial score (nSPS) is 25.5. The number of likely N-dealkylation sites (tertiary alicyclic amines) is 2. The summed E-state index contributed by atoms with van der Waals surface area (Å²) in [7, 11) is 0. The van der Waals surface area contributed by atoms with Crippen molar-refractivity contribution in [3.63, 3.8) is 0 Å². The molecule has 2 heterocycles. The molecule has 0 aromatic carbocycles. The van der Waals surface area contributed by atoms with Crippen molar-refractivity contribution in [2.45, 2.75) is 63.5 Å². The Balaban J connectivity index is 1.65. The quantitative estimate of drug-likeness (QED) is 0.666. The number of aliphatic carboxylic acids is 1. The number of nitrogens with zero attached hydrogens (tertiary/aromatic N) is 2. The highest BCUT2D eigenvalue weighted by Gasteiger charge is 2.36. The Morgan fingerprint density at radius 2 is 1.71 bits per heavy atom. The molecule has 0 aromatic rings. The van der Waals surface area contributed by atoms with E-state index in [1.165, 1.54) is 12.8 Å². The molecule has 0 radical (unpaired) electrons. The first kappa shape index (κ1) is 16.7. The average molecular weight is 298 g/mol. The summed E-state index contributed by atoms with van der Waals surface area (Å²) in [5.74, 6) is -0.640. The molecule has 0 saturated carbocycles. The molecule has 0 aromatic heterocycles. The van der Waals surface area contributed by atoms with E-state index in [1.54, 1.807) is 0 Å². The second kappa shape index (κ2) is 8.71. The van der Waals surface area contributed by atoms with E-state index < -0.39 is 5.97 Å². The number of carboxylic acid groups (broad SMARTS) is 1. The molecule has 2 saturated heterocycles. The minimum Gasteiger partial charge on any atom is -0.480 e. The first-order chi connectivity index (χ1) is 10.2. The Labute approximate surface area is 127 Å². The largest absolute Gasteiger partial charge is 0.480 e. The molecule has 21 heavy (non-hydrogen) atoms. The van der Waals surface area contributed by atoms with E-state index in [1.807, 2.05) is 0 Å². The molecule has 1 unspecified atom stereocenters. The molecule has 5 nitrogen and oxygen atoms in total. The average Bonchev–Trinajstić information content (AvgIpc) is 2.97. The van der Waals surface area contributed by atoms with Crippen molar-refractivity contribution in [3.8, 4) is 0 Å². The van der Waals surface area contributed by atoms with E-state index in [-0.39, 0.29) is 6.04 Å². The number of unbranched alkanes of at least 4 members (excludes halogenated alkanes) is 3. The highest BCUT2D eigenvalue weighted by Crippen LogP contribution is 2.26. The fourth-order valence-corrected chi connectivity index (χ4v) is 3.77. The molecule has 0 bridgehead atoms. The third-order valence-electron chi connectivity index (χ3n) is 4.99. The molecule has 2 aliphatic rings. The molecular formula is C16H30N2O3. The standard InChI is InChI=1S/C16H30N2O3/c19-13-4-2-1-3-9-17-11-7-14(8-12-17)18-10-5-6-15(18)16(20)21/h14-15,19H,1-13H2,(H,20,21). The summed E-state index contributed by atoms with van der Waals surface area (Å²) in [6.45, 7) is 4.64. The molecule has 2 aliphatic heterocycles. The van der Waals surface area contributed by atoms with Gasteiger partial charge in [-0.25, -0.2) is 0 Å². The monoisotopic (exact) mass is 298 g/mol. The van der Waals surface area contributed by atoms with Crippen LogP contribution in [0.15, 0.2) is 0 Å². The highest BCUT2D eigenvalue weighted by atomic mass is 16.4. The predicted octanol–water partition coefficient (Wildman–Crippen LogP) is 1.55. The van der Waals surface area contributed by atoms with Gasteiger partial charge in [0.25, 0.3) is 0 Å². The van der Waals surface area contributed by atoms with Crippen molar-refractivity contribution in [3.05, 3.63) is 0 Å². The van der Waals surface area contributed by atoms with Crippen molar-refractivity contribution < 1.29 is 15.0 Å². The molecule has 0 aliphatic carbocycles. The fourth-order valence-electron chi connectivity index (χ4n) is 3.77. The number of piperidine rings is 1. The topological polar surface area (TPSA) is 64.0 Å². The van der Waals surface area contributed by atoms with Crippen LogP contribution in [0.1, 0.15) is 51.4 Å². The van der Waals surface area contributed by atoms with Gasteiger partial charge in [0.2, 0.25) is 0 Å². The maximum absolute atomic E-state index is 11.3. The zero-order valence-corrected chi connectivity index (χ0v) is 13.0.